The van der Waals surface area contributed by atoms with Crippen molar-refractivity contribution in [1.82, 2.24) is 0 Å². The SMILES string of the molecule is COc1ccc([N+](N)=O)cc1. The molecule has 58 valence electrons. The van der Waals surface area contributed by atoms with Crippen LogP contribution in [0.2, 0.25) is 0 Å². The second-order valence-corrected chi connectivity index (χ2v) is 2.02. The molecule has 0 saturated heterocycles. The second-order valence-electron chi connectivity index (χ2n) is 2.02. The standard InChI is InChI=1S/C7H9N2O2/c1-11-7-4-2-6(3-5-7)9(8)10/h2-5H,1H3,(H2,8,10)/q+1. The molecule has 4 nitrogen and oxygen atoms in total. The molecule has 2 N–H and O–H groups in total. The van der Waals surface area contributed by atoms with Crippen molar-refractivity contribution in [3.63, 3.8) is 0 Å². The summed E-state index contributed by atoms with van der Waals surface area (Å²) in [4.78, 5) is 10.8. The highest BCUT2D eigenvalue weighted by molar-refractivity contribution is 5.35. The van der Waals surface area contributed by atoms with Gasteiger partial charge in [0.15, 0.2) is 4.87 Å². The summed E-state index contributed by atoms with van der Waals surface area (Å²) in [7, 11) is 1.56. The first-order valence-electron chi connectivity index (χ1n) is 3.10. The summed E-state index contributed by atoms with van der Waals surface area (Å²) in [5, 5.41) is 0. The number of nitroso groups, excluding NO2 is 1. The van der Waals surface area contributed by atoms with Crippen LogP contribution in [0.25, 0.3) is 0 Å². The van der Waals surface area contributed by atoms with Crippen LogP contribution >= 0.6 is 0 Å². The zero-order chi connectivity index (χ0) is 8.27. The molecule has 0 bridgehead atoms. The van der Waals surface area contributed by atoms with Crippen LogP contribution in [0.15, 0.2) is 24.3 Å². The van der Waals surface area contributed by atoms with E-state index in [1.807, 2.05) is 0 Å². The van der Waals surface area contributed by atoms with E-state index in [9.17, 15) is 4.91 Å². The second kappa shape index (κ2) is 3.01. The van der Waals surface area contributed by atoms with Gasteiger partial charge in [0.1, 0.15) is 5.75 Å². The fourth-order valence-electron chi connectivity index (χ4n) is 0.729. The molecule has 0 radical (unpaired) electrons. The van der Waals surface area contributed by atoms with E-state index in [-0.39, 0.29) is 0 Å². The van der Waals surface area contributed by atoms with Crippen LogP contribution in [-0.2, 0) is 0 Å². The first kappa shape index (κ1) is 7.53. The molecule has 1 aromatic carbocycles. The van der Waals surface area contributed by atoms with Crippen molar-refractivity contribution in [3.05, 3.63) is 29.2 Å². The number of hydrogen-bond acceptors (Lipinski definition) is 2. The first-order chi connectivity index (χ1) is 5.24. The molecule has 1 rings (SSSR count). The van der Waals surface area contributed by atoms with E-state index < -0.39 is 0 Å². The smallest absolute Gasteiger partial charge is 0.291 e. The molecule has 0 heterocycles. The minimum absolute atomic E-state index is 0.305. The lowest BCUT2D eigenvalue weighted by atomic mass is 10.3. The molecule has 0 spiro atoms. The molecule has 0 atom stereocenters. The molecule has 0 aliphatic heterocycles. The number of hydrogen-bond donors (Lipinski definition) is 1. The van der Waals surface area contributed by atoms with E-state index in [4.69, 9.17) is 10.6 Å². The van der Waals surface area contributed by atoms with Gasteiger partial charge >= 0.3 is 0 Å². The van der Waals surface area contributed by atoms with Crippen molar-refractivity contribution in [2.75, 3.05) is 7.11 Å². The Morgan fingerprint density at radius 1 is 1.36 bits per heavy atom. The maximum atomic E-state index is 10.5. The van der Waals surface area contributed by atoms with Crippen molar-refractivity contribution in [3.8, 4) is 5.75 Å². The Hall–Kier alpha value is -1.58. The highest BCUT2D eigenvalue weighted by Crippen LogP contribution is 2.15. The molecular weight excluding hydrogens is 144 g/mol. The molecule has 0 aliphatic rings. The summed E-state index contributed by atoms with van der Waals surface area (Å²) < 4.78 is 4.89. The minimum Gasteiger partial charge on any atom is -0.497 e. The zero-order valence-electron chi connectivity index (χ0n) is 6.15. The lowest BCUT2D eigenvalue weighted by molar-refractivity contribution is -0.474. The number of ether oxygens (including phenoxy) is 1. The van der Waals surface area contributed by atoms with E-state index in [2.05, 4.69) is 0 Å². The number of methoxy groups -OCH3 is 1. The zero-order valence-corrected chi connectivity index (χ0v) is 6.15. The van der Waals surface area contributed by atoms with Crippen LogP contribution < -0.4 is 10.6 Å². The lowest BCUT2D eigenvalue weighted by Gasteiger charge is -1.95. The van der Waals surface area contributed by atoms with Crippen molar-refractivity contribution >= 4 is 5.69 Å². The summed E-state index contributed by atoms with van der Waals surface area (Å²) in [5.41, 5.74) is 0.408. The molecule has 0 aromatic heterocycles. The van der Waals surface area contributed by atoms with Gasteiger partial charge in [-0.3, -0.25) is 0 Å². The summed E-state index contributed by atoms with van der Waals surface area (Å²) in [6.07, 6.45) is 0. The number of benzene rings is 1. The van der Waals surface area contributed by atoms with Gasteiger partial charge in [-0.15, -0.1) is 0 Å². The first-order valence-corrected chi connectivity index (χ1v) is 3.10. The summed E-state index contributed by atoms with van der Waals surface area (Å²) in [6, 6.07) is 6.53. The Bertz CT molecular complexity index is 256. The van der Waals surface area contributed by atoms with Crippen LogP contribution in [0.5, 0.6) is 5.75 Å². The summed E-state index contributed by atoms with van der Waals surface area (Å²) >= 11 is 0. The van der Waals surface area contributed by atoms with Gasteiger partial charge < -0.3 is 4.74 Å². The van der Waals surface area contributed by atoms with E-state index in [0.717, 1.165) is 0 Å². The normalized spacial score (nSPS) is 9.18. The average Bonchev–Trinajstić information content (AvgIpc) is 2.05. The van der Waals surface area contributed by atoms with E-state index >= 15 is 0 Å². The Labute approximate surface area is 64.1 Å². The molecule has 0 amide bonds. The topological polar surface area (TPSA) is 55.3 Å². The molecule has 4 heteroatoms. The van der Waals surface area contributed by atoms with Gasteiger partial charge in [-0.25, -0.2) is 0 Å². The predicted molar refractivity (Wildman–Crippen MR) is 40.5 cm³/mol. The Balaban J connectivity index is 2.91. The number of nitrogens with zero attached hydrogens (tertiary/aromatic N) is 1. The molecule has 0 unspecified atom stereocenters. The third-order valence-corrected chi connectivity index (χ3v) is 1.33. The summed E-state index contributed by atoms with van der Waals surface area (Å²) in [6.45, 7) is 0. The Morgan fingerprint density at radius 2 is 1.91 bits per heavy atom. The van der Waals surface area contributed by atoms with Gasteiger partial charge in [0.05, 0.1) is 12.0 Å². The molecule has 0 aliphatic carbocycles. The van der Waals surface area contributed by atoms with Crippen molar-refractivity contribution in [2.24, 2.45) is 5.84 Å². The largest absolute Gasteiger partial charge is 0.497 e. The third-order valence-electron chi connectivity index (χ3n) is 1.33. The van der Waals surface area contributed by atoms with E-state index in [1.54, 1.807) is 31.4 Å². The van der Waals surface area contributed by atoms with Gasteiger partial charge in [-0.1, -0.05) is 0 Å². The molecule has 0 saturated carbocycles. The van der Waals surface area contributed by atoms with Crippen LogP contribution in [-0.4, -0.2) is 12.0 Å². The van der Waals surface area contributed by atoms with Gasteiger partial charge in [0, 0.05) is 12.1 Å². The fraction of sp³-hybridized carbons (Fsp3) is 0.143. The van der Waals surface area contributed by atoms with Gasteiger partial charge in [0.2, 0.25) is 0 Å². The maximum Gasteiger partial charge on any atom is 0.291 e. The quantitative estimate of drug-likeness (QED) is 0.391. The van der Waals surface area contributed by atoms with E-state index in [1.165, 1.54) is 0 Å². The highest BCUT2D eigenvalue weighted by atomic mass is 16.5. The third kappa shape index (κ3) is 1.67. The monoisotopic (exact) mass is 153 g/mol. The van der Waals surface area contributed by atoms with Crippen molar-refractivity contribution in [1.29, 1.82) is 0 Å². The minimum atomic E-state index is 0.305. The Morgan fingerprint density at radius 3 is 2.27 bits per heavy atom. The Kier molecular flexibility index (Phi) is 2.06. The lowest BCUT2D eigenvalue weighted by Crippen LogP contribution is -2.08. The van der Waals surface area contributed by atoms with Gasteiger partial charge in [-0.05, 0) is 12.1 Å². The number of nitrogens with two attached hydrogens (primary N) is 1. The van der Waals surface area contributed by atoms with Gasteiger partial charge in [-0.2, -0.15) is 5.84 Å². The molecule has 0 fully saturated rings. The van der Waals surface area contributed by atoms with Crippen molar-refractivity contribution in [2.45, 2.75) is 0 Å². The number of rotatable bonds is 2. The van der Waals surface area contributed by atoms with Crippen LogP contribution in [0, 0.1) is 4.91 Å². The fourth-order valence-corrected chi connectivity index (χ4v) is 0.729. The predicted octanol–water partition coefficient (Wildman–Crippen LogP) is 0.979. The molecular formula is C7H9N2O2+. The summed E-state index contributed by atoms with van der Waals surface area (Å²) in [5.74, 6) is 5.65. The van der Waals surface area contributed by atoms with E-state index in [0.29, 0.717) is 16.3 Å². The van der Waals surface area contributed by atoms with Gasteiger partial charge in [0.25, 0.3) is 5.69 Å². The van der Waals surface area contributed by atoms with Crippen LogP contribution in [0.3, 0.4) is 0 Å². The van der Waals surface area contributed by atoms with Crippen LogP contribution in [0.4, 0.5) is 5.69 Å². The highest BCUT2D eigenvalue weighted by Gasteiger charge is 2.06. The maximum absolute atomic E-state index is 10.5. The number of hydrazine groups is 1. The molecule has 11 heavy (non-hydrogen) atoms. The molecule has 1 aromatic rings. The average molecular weight is 153 g/mol. The van der Waals surface area contributed by atoms with Crippen molar-refractivity contribution < 1.29 is 9.61 Å². The van der Waals surface area contributed by atoms with Crippen LogP contribution in [0.1, 0.15) is 0 Å².